The molecule has 0 aromatic heterocycles. The maximum Gasteiger partial charge on any atom is 0.416 e. The number of hydrogen-bond donors (Lipinski definition) is 1. The minimum atomic E-state index is -4.74. The van der Waals surface area contributed by atoms with E-state index in [0.29, 0.717) is 31.9 Å². The number of piperidine rings is 1. The van der Waals surface area contributed by atoms with Crippen molar-refractivity contribution in [3.63, 3.8) is 0 Å². The molecule has 28 heavy (non-hydrogen) atoms. The van der Waals surface area contributed by atoms with Gasteiger partial charge in [0.25, 0.3) is 0 Å². The van der Waals surface area contributed by atoms with Crippen LogP contribution in [-0.4, -0.2) is 35.1 Å². The van der Waals surface area contributed by atoms with E-state index in [9.17, 15) is 27.2 Å². The van der Waals surface area contributed by atoms with E-state index < -0.39 is 47.7 Å². The summed E-state index contributed by atoms with van der Waals surface area (Å²) < 4.78 is 57.8. The van der Waals surface area contributed by atoms with Crippen LogP contribution in [0.5, 0.6) is 0 Å². The van der Waals surface area contributed by atoms with Gasteiger partial charge in [0.1, 0.15) is 17.5 Å². The normalized spacial score (nSPS) is 18.0. The van der Waals surface area contributed by atoms with Crippen LogP contribution in [0.2, 0.25) is 0 Å². The molecule has 1 fully saturated rings. The highest BCUT2D eigenvalue weighted by Gasteiger charge is 2.36. The molecule has 1 heterocycles. The van der Waals surface area contributed by atoms with Gasteiger partial charge in [-0.05, 0) is 57.7 Å². The van der Waals surface area contributed by atoms with Crippen LogP contribution in [0.15, 0.2) is 18.2 Å². The first-order valence-electron chi connectivity index (χ1n) is 9.01. The Kier molecular flexibility index (Phi) is 6.56. The van der Waals surface area contributed by atoms with Gasteiger partial charge in [-0.15, -0.1) is 0 Å². The van der Waals surface area contributed by atoms with E-state index in [0.717, 1.165) is 12.1 Å². The Labute approximate surface area is 161 Å². The van der Waals surface area contributed by atoms with E-state index in [-0.39, 0.29) is 5.56 Å². The van der Waals surface area contributed by atoms with Gasteiger partial charge in [-0.2, -0.15) is 13.2 Å². The summed E-state index contributed by atoms with van der Waals surface area (Å²) >= 11 is 0. The average Bonchev–Trinajstić information content (AvgIpc) is 2.58. The van der Waals surface area contributed by atoms with Crippen molar-refractivity contribution in [2.45, 2.75) is 64.4 Å². The molecule has 1 aliphatic heterocycles. The molecule has 0 spiro atoms. The zero-order valence-corrected chi connectivity index (χ0v) is 16.0. The topological polar surface area (TPSA) is 58.6 Å². The third kappa shape index (κ3) is 5.84. The summed E-state index contributed by atoms with van der Waals surface area (Å²) in [7, 11) is 0. The van der Waals surface area contributed by atoms with E-state index in [1.807, 2.05) is 0 Å². The minimum absolute atomic E-state index is 0.248. The van der Waals surface area contributed by atoms with Crippen molar-refractivity contribution in [3.05, 3.63) is 35.1 Å². The summed E-state index contributed by atoms with van der Waals surface area (Å²) in [6.45, 7) is 5.02. The summed E-state index contributed by atoms with van der Waals surface area (Å²) in [5, 5.41) is 2.44. The second-order valence-corrected chi connectivity index (χ2v) is 7.70. The van der Waals surface area contributed by atoms with E-state index in [1.54, 1.807) is 20.8 Å². The fourth-order valence-corrected chi connectivity index (χ4v) is 3.01. The quantitative estimate of drug-likeness (QED) is 0.767. The molecule has 1 aromatic rings. The van der Waals surface area contributed by atoms with Crippen molar-refractivity contribution >= 4 is 12.0 Å². The zero-order chi connectivity index (χ0) is 21.1. The van der Waals surface area contributed by atoms with Crippen molar-refractivity contribution in [2.75, 3.05) is 6.54 Å². The molecular weight excluding hydrogens is 380 g/mol. The lowest BCUT2D eigenvalue weighted by molar-refractivity contribution is -0.138. The predicted molar refractivity (Wildman–Crippen MR) is 93.8 cm³/mol. The molecule has 1 aromatic carbocycles. The number of likely N-dealkylation sites (tertiary alicyclic amines) is 1. The van der Waals surface area contributed by atoms with E-state index in [2.05, 4.69) is 5.32 Å². The summed E-state index contributed by atoms with van der Waals surface area (Å²) in [5.41, 5.74) is -2.12. The van der Waals surface area contributed by atoms with Gasteiger partial charge in [-0.25, -0.2) is 9.18 Å². The molecule has 1 atom stereocenters. The fourth-order valence-electron chi connectivity index (χ4n) is 3.01. The van der Waals surface area contributed by atoms with Crippen molar-refractivity contribution in [1.82, 2.24) is 10.2 Å². The molecular formula is C19H24F4N2O3. The molecule has 1 saturated heterocycles. The largest absolute Gasteiger partial charge is 0.444 e. The standard InChI is InChI=1S/C19H24F4N2O3/c1-18(2,3)28-17(27)25-9-5-4-6-15(25)16(26)24-11-12-7-8-13(20)10-14(12)19(21,22)23/h7-8,10,15H,4-6,9,11H2,1-3H3,(H,24,26). The number of nitrogens with zero attached hydrogens (tertiary/aromatic N) is 1. The smallest absolute Gasteiger partial charge is 0.416 e. The van der Waals surface area contributed by atoms with Gasteiger partial charge >= 0.3 is 12.3 Å². The molecule has 1 aliphatic rings. The summed E-state index contributed by atoms with van der Waals surface area (Å²) in [6, 6.07) is 1.48. The first kappa shape index (κ1) is 22.0. The number of carbonyl (C=O) groups is 2. The Morgan fingerprint density at radius 3 is 2.50 bits per heavy atom. The number of halogens is 4. The molecule has 1 unspecified atom stereocenters. The second-order valence-electron chi connectivity index (χ2n) is 7.70. The SMILES string of the molecule is CC(C)(C)OC(=O)N1CCCCC1C(=O)NCc1ccc(F)cc1C(F)(F)F. The van der Waals surface area contributed by atoms with Crippen LogP contribution in [0.4, 0.5) is 22.4 Å². The summed E-state index contributed by atoms with van der Waals surface area (Å²) in [6.07, 6.45) is -3.57. The number of nitrogens with one attached hydrogen (secondary N) is 1. The maximum absolute atomic E-state index is 13.2. The van der Waals surface area contributed by atoms with Crippen LogP contribution in [0.25, 0.3) is 0 Å². The molecule has 9 heteroatoms. The highest BCUT2D eigenvalue weighted by atomic mass is 19.4. The van der Waals surface area contributed by atoms with E-state index in [1.165, 1.54) is 4.90 Å². The highest BCUT2D eigenvalue weighted by Crippen LogP contribution is 2.32. The number of rotatable bonds is 3. The van der Waals surface area contributed by atoms with E-state index >= 15 is 0 Å². The number of hydrogen-bond acceptors (Lipinski definition) is 3. The Hall–Kier alpha value is -2.32. The molecule has 5 nitrogen and oxygen atoms in total. The highest BCUT2D eigenvalue weighted by molar-refractivity contribution is 5.86. The third-order valence-corrected chi connectivity index (χ3v) is 4.26. The van der Waals surface area contributed by atoms with Crippen molar-refractivity contribution < 1.29 is 31.9 Å². The fraction of sp³-hybridized carbons (Fsp3) is 0.579. The first-order chi connectivity index (χ1) is 12.9. The Morgan fingerprint density at radius 2 is 1.89 bits per heavy atom. The van der Waals surface area contributed by atoms with Crippen LogP contribution in [0, 0.1) is 5.82 Å². The summed E-state index contributed by atoms with van der Waals surface area (Å²) in [4.78, 5) is 26.2. The Balaban J connectivity index is 2.10. The van der Waals surface area contributed by atoms with Gasteiger partial charge in [0, 0.05) is 13.1 Å². The molecule has 0 radical (unpaired) electrons. The van der Waals surface area contributed by atoms with Crippen LogP contribution in [0.1, 0.15) is 51.2 Å². The van der Waals surface area contributed by atoms with Crippen molar-refractivity contribution in [1.29, 1.82) is 0 Å². The average molecular weight is 404 g/mol. The molecule has 2 rings (SSSR count). The number of carbonyl (C=O) groups excluding carboxylic acids is 2. The number of benzene rings is 1. The zero-order valence-electron chi connectivity index (χ0n) is 16.0. The molecule has 156 valence electrons. The van der Waals surface area contributed by atoms with Crippen LogP contribution >= 0.6 is 0 Å². The lowest BCUT2D eigenvalue weighted by atomic mass is 10.0. The summed E-state index contributed by atoms with van der Waals surface area (Å²) in [5.74, 6) is -1.58. The second kappa shape index (κ2) is 8.36. The monoisotopic (exact) mass is 404 g/mol. The van der Waals surface area contributed by atoms with Crippen LogP contribution in [-0.2, 0) is 22.3 Å². The van der Waals surface area contributed by atoms with Crippen LogP contribution in [0.3, 0.4) is 0 Å². The van der Waals surface area contributed by atoms with Gasteiger partial charge in [-0.1, -0.05) is 6.07 Å². The van der Waals surface area contributed by atoms with E-state index in [4.69, 9.17) is 4.74 Å². The minimum Gasteiger partial charge on any atom is -0.444 e. The molecule has 1 N–H and O–H groups in total. The molecule has 2 amide bonds. The third-order valence-electron chi connectivity index (χ3n) is 4.26. The number of ether oxygens (including phenoxy) is 1. The van der Waals surface area contributed by atoms with Crippen molar-refractivity contribution in [2.24, 2.45) is 0 Å². The van der Waals surface area contributed by atoms with Crippen molar-refractivity contribution in [3.8, 4) is 0 Å². The van der Waals surface area contributed by atoms with Crippen LogP contribution < -0.4 is 5.32 Å². The molecule has 0 aliphatic carbocycles. The van der Waals surface area contributed by atoms with Gasteiger partial charge in [0.15, 0.2) is 0 Å². The van der Waals surface area contributed by atoms with Gasteiger partial charge in [0.05, 0.1) is 5.56 Å². The van der Waals surface area contributed by atoms with Gasteiger partial charge in [-0.3, -0.25) is 9.69 Å². The lowest BCUT2D eigenvalue weighted by Crippen LogP contribution is -2.53. The molecule has 0 saturated carbocycles. The maximum atomic E-state index is 13.2. The number of amides is 2. The molecule has 0 bridgehead atoms. The number of alkyl halides is 3. The van der Waals surface area contributed by atoms with Gasteiger partial charge < -0.3 is 10.1 Å². The lowest BCUT2D eigenvalue weighted by Gasteiger charge is -2.35. The Morgan fingerprint density at radius 1 is 1.21 bits per heavy atom. The van der Waals surface area contributed by atoms with Gasteiger partial charge in [0.2, 0.25) is 5.91 Å². The predicted octanol–water partition coefficient (Wildman–Crippen LogP) is 4.25. The Bertz CT molecular complexity index is 729. The first-order valence-corrected chi connectivity index (χ1v) is 9.01.